The molecular formula is C24H18N2O5S. The fourth-order valence-corrected chi connectivity index (χ4v) is 5.20. The molecule has 0 fully saturated rings. The zero-order chi connectivity index (χ0) is 22.9. The van der Waals surface area contributed by atoms with E-state index in [0.717, 1.165) is 0 Å². The number of benzene rings is 3. The number of anilines is 1. The number of hydrogen-bond acceptors (Lipinski definition) is 6. The van der Waals surface area contributed by atoms with Crippen molar-refractivity contribution in [2.24, 2.45) is 0 Å². The standard InChI is InChI=1S/C24H18N2O5S/c1-2-31-24(28)18-11-12-22-20(13-18)26(15-17-9-7-16(14-25)8-10-17)23(27)19-5-3-4-6-21(19)32(22,29)30/h3-13H,2,15H2,1H3. The normalized spacial score (nSPS) is 14.0. The van der Waals surface area contributed by atoms with Gasteiger partial charge in [-0.2, -0.15) is 5.26 Å². The number of ether oxygens (including phenoxy) is 1. The number of carbonyl (C=O) groups excluding carboxylic acids is 2. The molecule has 0 saturated carbocycles. The van der Waals surface area contributed by atoms with Gasteiger partial charge in [-0.25, -0.2) is 13.2 Å². The molecule has 4 rings (SSSR count). The van der Waals surface area contributed by atoms with Crippen molar-refractivity contribution >= 4 is 27.4 Å². The van der Waals surface area contributed by atoms with Crippen LogP contribution in [0.1, 0.15) is 38.8 Å². The summed E-state index contributed by atoms with van der Waals surface area (Å²) in [6.45, 7) is 1.88. The number of hydrogen-bond donors (Lipinski definition) is 0. The summed E-state index contributed by atoms with van der Waals surface area (Å²) < 4.78 is 31.9. The van der Waals surface area contributed by atoms with Gasteiger partial charge in [0.15, 0.2) is 0 Å². The lowest BCUT2D eigenvalue weighted by atomic mass is 10.1. The van der Waals surface area contributed by atoms with Gasteiger partial charge < -0.3 is 9.64 Å². The fraction of sp³-hybridized carbons (Fsp3) is 0.125. The van der Waals surface area contributed by atoms with Crippen LogP contribution in [0.5, 0.6) is 0 Å². The molecular weight excluding hydrogens is 428 g/mol. The van der Waals surface area contributed by atoms with Crippen LogP contribution < -0.4 is 4.90 Å². The monoisotopic (exact) mass is 446 g/mol. The molecule has 1 heterocycles. The van der Waals surface area contributed by atoms with E-state index in [4.69, 9.17) is 10.00 Å². The van der Waals surface area contributed by atoms with Gasteiger partial charge in [0.1, 0.15) is 0 Å². The Balaban J connectivity index is 1.93. The van der Waals surface area contributed by atoms with Crippen molar-refractivity contribution in [3.05, 3.63) is 89.0 Å². The topological polar surface area (TPSA) is 105 Å². The molecule has 8 heteroatoms. The molecule has 160 valence electrons. The highest BCUT2D eigenvalue weighted by molar-refractivity contribution is 7.91. The summed E-state index contributed by atoms with van der Waals surface area (Å²) >= 11 is 0. The van der Waals surface area contributed by atoms with Crippen LogP contribution >= 0.6 is 0 Å². The molecule has 1 aliphatic heterocycles. The molecule has 0 radical (unpaired) electrons. The van der Waals surface area contributed by atoms with Crippen molar-refractivity contribution in [2.75, 3.05) is 11.5 Å². The van der Waals surface area contributed by atoms with Crippen molar-refractivity contribution < 1.29 is 22.7 Å². The van der Waals surface area contributed by atoms with Gasteiger partial charge in [0.2, 0.25) is 9.84 Å². The lowest BCUT2D eigenvalue weighted by molar-refractivity contribution is 0.0526. The first kappa shape index (κ1) is 21.3. The van der Waals surface area contributed by atoms with Crippen molar-refractivity contribution in [1.29, 1.82) is 5.26 Å². The number of rotatable bonds is 4. The molecule has 3 aromatic rings. The van der Waals surface area contributed by atoms with Crippen LogP contribution in [0, 0.1) is 11.3 Å². The van der Waals surface area contributed by atoms with E-state index in [-0.39, 0.29) is 39.8 Å². The largest absolute Gasteiger partial charge is 0.462 e. The van der Waals surface area contributed by atoms with E-state index in [2.05, 4.69) is 0 Å². The summed E-state index contributed by atoms with van der Waals surface area (Å²) in [6.07, 6.45) is 0. The van der Waals surface area contributed by atoms with E-state index < -0.39 is 21.7 Å². The van der Waals surface area contributed by atoms with Crippen molar-refractivity contribution in [3.63, 3.8) is 0 Å². The molecule has 3 aromatic carbocycles. The summed E-state index contributed by atoms with van der Waals surface area (Å²) in [5, 5.41) is 9.03. The quantitative estimate of drug-likeness (QED) is 0.566. The third-order valence-corrected chi connectivity index (χ3v) is 6.99. The van der Waals surface area contributed by atoms with Gasteiger partial charge in [-0.15, -0.1) is 0 Å². The van der Waals surface area contributed by atoms with Crippen molar-refractivity contribution in [1.82, 2.24) is 0 Å². The number of sulfone groups is 1. The molecule has 1 aliphatic rings. The number of esters is 1. The average Bonchev–Trinajstić information content (AvgIpc) is 2.88. The highest BCUT2D eigenvalue weighted by Crippen LogP contribution is 2.38. The maximum Gasteiger partial charge on any atom is 0.338 e. The highest BCUT2D eigenvalue weighted by atomic mass is 32.2. The third kappa shape index (κ3) is 3.63. The Kier molecular flexibility index (Phi) is 5.51. The number of carbonyl (C=O) groups is 2. The van der Waals surface area contributed by atoms with E-state index in [1.54, 1.807) is 43.3 Å². The maximum atomic E-state index is 13.5. The van der Waals surface area contributed by atoms with Crippen LogP contribution in [0.4, 0.5) is 5.69 Å². The van der Waals surface area contributed by atoms with Crippen molar-refractivity contribution in [2.45, 2.75) is 23.3 Å². The molecule has 32 heavy (non-hydrogen) atoms. The molecule has 0 spiro atoms. The fourth-order valence-electron chi connectivity index (χ4n) is 3.57. The second kappa shape index (κ2) is 8.29. The number of nitriles is 1. The van der Waals surface area contributed by atoms with Crippen LogP contribution in [0.15, 0.2) is 76.5 Å². The Morgan fingerprint density at radius 1 is 1.03 bits per heavy atom. The smallest absolute Gasteiger partial charge is 0.338 e. The number of amides is 1. The zero-order valence-electron chi connectivity index (χ0n) is 17.1. The second-order valence-electron chi connectivity index (χ2n) is 7.10. The number of fused-ring (bicyclic) bond motifs is 2. The highest BCUT2D eigenvalue weighted by Gasteiger charge is 2.36. The SMILES string of the molecule is CCOC(=O)c1ccc2c(c1)N(Cc1ccc(C#N)cc1)C(=O)c1ccccc1S2(=O)=O. The zero-order valence-corrected chi connectivity index (χ0v) is 17.9. The lowest BCUT2D eigenvalue weighted by Gasteiger charge is -2.23. The van der Waals surface area contributed by atoms with Gasteiger partial charge in [-0.1, -0.05) is 24.3 Å². The van der Waals surface area contributed by atoms with Gasteiger partial charge in [-0.05, 0) is 55.0 Å². The summed E-state index contributed by atoms with van der Waals surface area (Å²) in [7, 11) is -4.02. The Bertz CT molecular complexity index is 1370. The summed E-state index contributed by atoms with van der Waals surface area (Å²) in [4.78, 5) is 27.0. The summed E-state index contributed by atoms with van der Waals surface area (Å²) in [5.41, 5.74) is 1.45. The van der Waals surface area contributed by atoms with E-state index in [9.17, 15) is 18.0 Å². The second-order valence-corrected chi connectivity index (χ2v) is 8.99. The third-order valence-electron chi connectivity index (χ3n) is 5.13. The van der Waals surface area contributed by atoms with Gasteiger partial charge in [-0.3, -0.25) is 4.79 Å². The first-order valence-electron chi connectivity index (χ1n) is 9.83. The van der Waals surface area contributed by atoms with Gasteiger partial charge in [0, 0.05) is 0 Å². The van der Waals surface area contributed by atoms with Crippen LogP contribution in [0.25, 0.3) is 0 Å². The summed E-state index contributed by atoms with van der Waals surface area (Å²) in [5.74, 6) is -1.12. The first-order valence-corrected chi connectivity index (χ1v) is 11.3. The van der Waals surface area contributed by atoms with E-state index in [0.29, 0.717) is 11.1 Å². The van der Waals surface area contributed by atoms with E-state index in [1.807, 2.05) is 6.07 Å². The minimum Gasteiger partial charge on any atom is -0.462 e. The van der Waals surface area contributed by atoms with Crippen LogP contribution in [-0.2, 0) is 21.1 Å². The lowest BCUT2D eigenvalue weighted by Crippen LogP contribution is -2.30. The summed E-state index contributed by atoms with van der Waals surface area (Å²) in [6, 6.07) is 18.8. The Morgan fingerprint density at radius 2 is 1.75 bits per heavy atom. The molecule has 0 atom stereocenters. The van der Waals surface area contributed by atoms with Crippen LogP contribution in [0.2, 0.25) is 0 Å². The first-order chi connectivity index (χ1) is 15.4. The van der Waals surface area contributed by atoms with Gasteiger partial charge in [0.25, 0.3) is 5.91 Å². The Hall–Kier alpha value is -3.96. The average molecular weight is 446 g/mol. The van der Waals surface area contributed by atoms with E-state index >= 15 is 0 Å². The molecule has 0 aliphatic carbocycles. The van der Waals surface area contributed by atoms with Gasteiger partial charge in [0.05, 0.1) is 51.4 Å². The molecule has 0 saturated heterocycles. The maximum absolute atomic E-state index is 13.5. The van der Waals surface area contributed by atoms with Crippen molar-refractivity contribution in [3.8, 4) is 6.07 Å². The number of nitrogens with zero attached hydrogens (tertiary/aromatic N) is 2. The molecule has 0 aromatic heterocycles. The van der Waals surface area contributed by atoms with Gasteiger partial charge >= 0.3 is 5.97 Å². The molecule has 0 bridgehead atoms. The minimum absolute atomic E-state index is 0.0493. The Morgan fingerprint density at radius 3 is 2.44 bits per heavy atom. The predicted molar refractivity (Wildman–Crippen MR) is 116 cm³/mol. The van der Waals surface area contributed by atoms with Crippen LogP contribution in [0.3, 0.4) is 0 Å². The molecule has 0 unspecified atom stereocenters. The molecule has 1 amide bonds. The minimum atomic E-state index is -4.02. The predicted octanol–water partition coefficient (Wildman–Crippen LogP) is 3.73. The van der Waals surface area contributed by atoms with E-state index in [1.165, 1.54) is 35.2 Å². The molecule has 7 nitrogen and oxygen atoms in total. The Labute approximate surface area is 185 Å². The van der Waals surface area contributed by atoms with Crippen LogP contribution in [-0.4, -0.2) is 26.9 Å². The molecule has 0 N–H and O–H groups in total.